The number of aliphatic hydroxyl groups excluding tert-OH is 1. The quantitative estimate of drug-likeness (QED) is 0.560. The van der Waals surface area contributed by atoms with Gasteiger partial charge in [-0.25, -0.2) is 0 Å². The minimum absolute atomic E-state index is 0.516. The molecule has 1 rings (SSSR count). The van der Waals surface area contributed by atoms with Crippen LogP contribution in [0.5, 0.6) is 0 Å². The third kappa shape index (κ3) is 2.19. The Balaban J connectivity index is 2.52. The Morgan fingerprint density at radius 3 is 2.45 bits per heavy atom. The zero-order chi connectivity index (χ0) is 8.27. The number of carboxylic acid groups (broad SMARTS) is 1. The van der Waals surface area contributed by atoms with Crippen molar-refractivity contribution in [1.29, 1.82) is 0 Å². The molecule has 0 aromatic carbocycles. The Kier molecular flexibility index (Phi) is 2.88. The first-order valence-corrected chi connectivity index (χ1v) is 4.12. The predicted molar refractivity (Wildman–Crippen MR) is 40.2 cm³/mol. The summed E-state index contributed by atoms with van der Waals surface area (Å²) in [6, 6.07) is 0. The molecule has 0 radical (unpaired) electrons. The van der Waals surface area contributed by atoms with Crippen LogP contribution in [-0.2, 0) is 4.79 Å². The maximum absolute atomic E-state index is 10.6. The highest BCUT2D eigenvalue weighted by atomic mass is 16.4. The Morgan fingerprint density at radius 1 is 1.18 bits per heavy atom. The van der Waals surface area contributed by atoms with Crippen molar-refractivity contribution in [3.63, 3.8) is 0 Å². The Hall–Kier alpha value is -0.570. The second-order valence-electron chi connectivity index (χ2n) is 3.15. The number of hydrogen-bond acceptors (Lipinski definition) is 2. The van der Waals surface area contributed by atoms with Gasteiger partial charge >= 0.3 is 5.97 Å². The first-order chi connectivity index (χ1) is 5.22. The van der Waals surface area contributed by atoms with Crippen molar-refractivity contribution in [2.45, 2.75) is 38.2 Å². The Bertz CT molecular complexity index is 144. The molecule has 0 unspecified atom stereocenters. The molecular formula is C8H14O3. The molecule has 2 atom stereocenters. The highest BCUT2D eigenvalue weighted by Crippen LogP contribution is 2.23. The highest BCUT2D eigenvalue weighted by Gasteiger charge is 2.27. The molecule has 0 saturated heterocycles. The Morgan fingerprint density at radius 2 is 1.82 bits per heavy atom. The molecule has 0 aromatic heterocycles. The predicted octanol–water partition coefficient (Wildman–Crippen LogP) is 1.01. The number of aliphatic hydroxyl groups is 1. The molecule has 1 aliphatic rings. The van der Waals surface area contributed by atoms with Crippen molar-refractivity contribution in [3.05, 3.63) is 0 Å². The minimum atomic E-state index is -0.848. The van der Waals surface area contributed by atoms with E-state index >= 15 is 0 Å². The van der Waals surface area contributed by atoms with Crippen molar-refractivity contribution >= 4 is 5.97 Å². The van der Waals surface area contributed by atoms with E-state index in [0.29, 0.717) is 12.8 Å². The fourth-order valence-corrected chi connectivity index (χ4v) is 1.58. The number of carboxylic acids is 1. The number of carbonyl (C=O) groups is 1. The highest BCUT2D eigenvalue weighted by molar-refractivity contribution is 5.70. The van der Waals surface area contributed by atoms with E-state index in [-0.39, 0.29) is 0 Å². The summed E-state index contributed by atoms with van der Waals surface area (Å²) in [5.74, 6) is -1.36. The summed E-state index contributed by atoms with van der Waals surface area (Å²) in [5.41, 5.74) is 0. The van der Waals surface area contributed by atoms with E-state index in [4.69, 9.17) is 5.11 Å². The molecule has 0 aromatic rings. The van der Waals surface area contributed by atoms with Crippen molar-refractivity contribution < 1.29 is 15.0 Å². The van der Waals surface area contributed by atoms with E-state index in [0.717, 1.165) is 19.3 Å². The lowest BCUT2D eigenvalue weighted by Gasteiger charge is -2.14. The molecule has 1 saturated carbocycles. The first kappa shape index (κ1) is 8.53. The van der Waals surface area contributed by atoms with E-state index in [1.54, 1.807) is 0 Å². The molecular weight excluding hydrogens is 144 g/mol. The second kappa shape index (κ2) is 3.72. The van der Waals surface area contributed by atoms with Crippen LogP contribution in [0.3, 0.4) is 0 Å². The van der Waals surface area contributed by atoms with Crippen LogP contribution in [-0.4, -0.2) is 22.3 Å². The van der Waals surface area contributed by atoms with Crippen LogP contribution in [0.2, 0.25) is 0 Å². The largest absolute Gasteiger partial charge is 0.481 e. The van der Waals surface area contributed by atoms with Gasteiger partial charge in [0.15, 0.2) is 0 Å². The van der Waals surface area contributed by atoms with Gasteiger partial charge in [0.1, 0.15) is 0 Å². The minimum Gasteiger partial charge on any atom is -0.481 e. The molecule has 2 N–H and O–H groups in total. The summed E-state index contributed by atoms with van der Waals surface area (Å²) in [6.45, 7) is 0. The lowest BCUT2D eigenvalue weighted by atomic mass is 9.98. The normalized spacial score (nSPS) is 32.8. The number of hydrogen-bond donors (Lipinski definition) is 2. The standard InChI is InChI=1S/C8H14O3/c9-7-5-3-1-2-4-6(7)8(10)11/h6-7,9H,1-5H2,(H,10,11)/t6-,7-/m0/s1. The first-order valence-electron chi connectivity index (χ1n) is 4.12. The van der Waals surface area contributed by atoms with Crippen LogP contribution >= 0.6 is 0 Å². The van der Waals surface area contributed by atoms with Gasteiger partial charge < -0.3 is 10.2 Å². The lowest BCUT2D eigenvalue weighted by molar-refractivity contribution is -0.145. The summed E-state index contributed by atoms with van der Waals surface area (Å²) in [7, 11) is 0. The van der Waals surface area contributed by atoms with Gasteiger partial charge in [0, 0.05) is 0 Å². The maximum Gasteiger partial charge on any atom is 0.309 e. The van der Waals surface area contributed by atoms with E-state index in [1.807, 2.05) is 0 Å². The second-order valence-corrected chi connectivity index (χ2v) is 3.15. The molecule has 0 amide bonds. The van der Waals surface area contributed by atoms with E-state index in [9.17, 15) is 9.90 Å². The third-order valence-corrected chi connectivity index (χ3v) is 2.30. The molecule has 1 fully saturated rings. The van der Waals surface area contributed by atoms with Crippen molar-refractivity contribution in [3.8, 4) is 0 Å². The maximum atomic E-state index is 10.6. The molecule has 0 spiro atoms. The zero-order valence-corrected chi connectivity index (χ0v) is 6.49. The van der Waals surface area contributed by atoms with Gasteiger partial charge in [-0.3, -0.25) is 4.79 Å². The van der Waals surface area contributed by atoms with Crippen molar-refractivity contribution in [1.82, 2.24) is 0 Å². The fourth-order valence-electron chi connectivity index (χ4n) is 1.58. The average molecular weight is 158 g/mol. The van der Waals surface area contributed by atoms with Crippen LogP contribution < -0.4 is 0 Å². The van der Waals surface area contributed by atoms with E-state index < -0.39 is 18.0 Å². The van der Waals surface area contributed by atoms with Gasteiger partial charge in [-0.05, 0) is 12.8 Å². The zero-order valence-electron chi connectivity index (χ0n) is 6.49. The van der Waals surface area contributed by atoms with Gasteiger partial charge in [-0.2, -0.15) is 0 Å². The average Bonchev–Trinajstić information content (AvgIpc) is 2.13. The van der Waals surface area contributed by atoms with E-state index in [1.165, 1.54) is 0 Å². The van der Waals surface area contributed by atoms with Gasteiger partial charge in [-0.1, -0.05) is 19.3 Å². The lowest BCUT2D eigenvalue weighted by Crippen LogP contribution is -2.26. The van der Waals surface area contributed by atoms with Gasteiger partial charge in [0.25, 0.3) is 0 Å². The summed E-state index contributed by atoms with van der Waals surface area (Å²) in [6.07, 6.45) is 3.63. The van der Waals surface area contributed by atoms with Crippen LogP contribution in [0.1, 0.15) is 32.1 Å². The van der Waals surface area contributed by atoms with Crippen LogP contribution in [0.15, 0.2) is 0 Å². The van der Waals surface area contributed by atoms with Crippen LogP contribution in [0.4, 0.5) is 0 Å². The number of aliphatic carboxylic acids is 1. The van der Waals surface area contributed by atoms with Gasteiger partial charge in [0.2, 0.25) is 0 Å². The summed E-state index contributed by atoms with van der Waals surface area (Å²) >= 11 is 0. The third-order valence-electron chi connectivity index (χ3n) is 2.30. The molecule has 0 bridgehead atoms. The fraction of sp³-hybridized carbons (Fsp3) is 0.875. The molecule has 0 heterocycles. The van der Waals surface area contributed by atoms with Crippen molar-refractivity contribution in [2.75, 3.05) is 0 Å². The monoisotopic (exact) mass is 158 g/mol. The van der Waals surface area contributed by atoms with Gasteiger partial charge in [-0.15, -0.1) is 0 Å². The summed E-state index contributed by atoms with van der Waals surface area (Å²) in [5, 5.41) is 18.0. The topological polar surface area (TPSA) is 57.5 Å². The van der Waals surface area contributed by atoms with Gasteiger partial charge in [0.05, 0.1) is 12.0 Å². The summed E-state index contributed by atoms with van der Waals surface area (Å²) < 4.78 is 0. The number of rotatable bonds is 1. The molecule has 3 nitrogen and oxygen atoms in total. The molecule has 0 aliphatic heterocycles. The van der Waals surface area contributed by atoms with Crippen molar-refractivity contribution in [2.24, 2.45) is 5.92 Å². The molecule has 64 valence electrons. The molecule has 11 heavy (non-hydrogen) atoms. The Labute approximate surface area is 66.0 Å². The van der Waals surface area contributed by atoms with E-state index in [2.05, 4.69) is 0 Å². The van der Waals surface area contributed by atoms with Crippen LogP contribution in [0.25, 0.3) is 0 Å². The summed E-state index contributed by atoms with van der Waals surface area (Å²) in [4.78, 5) is 10.6. The van der Waals surface area contributed by atoms with Crippen LogP contribution in [0, 0.1) is 5.92 Å². The molecule has 1 aliphatic carbocycles. The smallest absolute Gasteiger partial charge is 0.309 e. The SMILES string of the molecule is O=C(O)[C@H]1CCCCC[C@@H]1O. The molecule has 3 heteroatoms.